The molecule has 15 aromatic rings. The molecule has 0 atom stereocenters. The van der Waals surface area contributed by atoms with Gasteiger partial charge in [-0.2, -0.15) is 9.97 Å². The van der Waals surface area contributed by atoms with Crippen LogP contribution in [0.25, 0.3) is 144 Å². The minimum Gasteiger partial charge on any atom is -0.309 e. The smallest absolute Gasteiger partial charge is 0.237 e. The number of aromatic nitrogens is 8. The average molecular weight is 867 g/mol. The highest BCUT2D eigenvalue weighted by atomic mass is 15.2. The van der Waals surface area contributed by atoms with E-state index in [0.29, 0.717) is 17.5 Å². The first kappa shape index (κ1) is 35.9. The largest absolute Gasteiger partial charge is 0.309 e. The summed E-state index contributed by atoms with van der Waals surface area (Å²) in [7, 11) is 0. The molecule has 0 saturated heterocycles. The van der Waals surface area contributed by atoms with Crippen molar-refractivity contribution in [1.29, 1.82) is 0 Å². The van der Waals surface area contributed by atoms with Crippen molar-refractivity contribution in [3.63, 3.8) is 0 Å². The van der Waals surface area contributed by atoms with E-state index in [1.807, 2.05) is 0 Å². The molecule has 1 aliphatic carbocycles. The standard InChI is InChI=1S/C60H34N8/c1-3-17-35(18-4-1)65-47-27-13-9-21-37(47)43-31-45-39-23-11-15-29-49(39)67(53(45)33-51(43)65)59-61-56-41-25-7-8-26-42(41)57-55(56)58(63-59)64-60(62-57)68-50-30-16-12-24-40(50)46-32-44-38-22-10-14-28-48(38)66(52(44)34-54(46)68)36-19-5-2-6-20-36/h1-34H. The maximum atomic E-state index is 5.51. The second kappa shape index (κ2) is 13.1. The Bertz CT molecular complexity index is 4380. The molecule has 8 nitrogen and oxygen atoms in total. The van der Waals surface area contributed by atoms with Crippen molar-refractivity contribution in [3.05, 3.63) is 206 Å². The van der Waals surface area contributed by atoms with Crippen LogP contribution >= 0.6 is 0 Å². The fourth-order valence-corrected chi connectivity index (χ4v) is 11.5. The van der Waals surface area contributed by atoms with Crippen LogP contribution in [0.15, 0.2) is 206 Å². The van der Waals surface area contributed by atoms with Crippen LogP contribution in [0.3, 0.4) is 0 Å². The lowest BCUT2D eigenvalue weighted by atomic mass is 10.1. The van der Waals surface area contributed by atoms with Crippen LogP contribution in [-0.4, -0.2) is 38.2 Å². The Morgan fingerprint density at radius 3 is 0.971 bits per heavy atom. The van der Waals surface area contributed by atoms with Crippen LogP contribution in [0.1, 0.15) is 0 Å². The van der Waals surface area contributed by atoms with Crippen molar-refractivity contribution in [1.82, 2.24) is 38.2 Å². The van der Waals surface area contributed by atoms with Gasteiger partial charge < -0.3 is 9.13 Å². The molecule has 0 radical (unpaired) electrons. The van der Waals surface area contributed by atoms with Gasteiger partial charge >= 0.3 is 0 Å². The summed E-state index contributed by atoms with van der Waals surface area (Å²) < 4.78 is 9.20. The van der Waals surface area contributed by atoms with E-state index in [2.05, 4.69) is 225 Å². The highest BCUT2D eigenvalue weighted by Gasteiger charge is 2.30. The van der Waals surface area contributed by atoms with Crippen LogP contribution in [0.2, 0.25) is 0 Å². The summed E-state index contributed by atoms with van der Waals surface area (Å²) >= 11 is 0. The van der Waals surface area contributed by atoms with E-state index in [4.69, 9.17) is 19.9 Å². The van der Waals surface area contributed by atoms with Crippen LogP contribution in [0.4, 0.5) is 0 Å². The molecule has 0 saturated carbocycles. The molecule has 314 valence electrons. The molecule has 0 aliphatic heterocycles. The predicted octanol–water partition coefficient (Wildman–Crippen LogP) is 14.5. The molecule has 0 N–H and O–H groups in total. The Kier molecular flexibility index (Phi) is 6.92. The molecule has 0 amide bonds. The third-order valence-corrected chi connectivity index (χ3v) is 14.3. The lowest BCUT2D eigenvalue weighted by Gasteiger charge is -2.12. The maximum absolute atomic E-state index is 5.51. The quantitative estimate of drug-likeness (QED) is 0.177. The van der Waals surface area contributed by atoms with Crippen molar-refractivity contribution in [2.75, 3.05) is 0 Å². The van der Waals surface area contributed by atoms with E-state index in [1.165, 1.54) is 21.5 Å². The van der Waals surface area contributed by atoms with Gasteiger partial charge in [0.25, 0.3) is 0 Å². The Morgan fingerprint density at radius 1 is 0.250 bits per heavy atom. The van der Waals surface area contributed by atoms with Gasteiger partial charge in [0, 0.05) is 65.6 Å². The number of fused-ring (bicyclic) bond motifs is 15. The van der Waals surface area contributed by atoms with Crippen molar-refractivity contribution >= 4 is 98.3 Å². The van der Waals surface area contributed by atoms with Gasteiger partial charge in [-0.25, -0.2) is 9.97 Å². The second-order valence-electron chi connectivity index (χ2n) is 17.8. The normalized spacial score (nSPS) is 12.4. The van der Waals surface area contributed by atoms with E-state index >= 15 is 0 Å². The number of nitrogens with zero attached hydrogens (tertiary/aromatic N) is 8. The number of benzene rings is 9. The van der Waals surface area contributed by atoms with Crippen LogP contribution in [0, 0.1) is 0 Å². The van der Waals surface area contributed by atoms with Gasteiger partial charge in [-0.3, -0.25) is 9.13 Å². The number of hydrogen-bond donors (Lipinski definition) is 0. The first-order chi connectivity index (χ1) is 33.7. The molecular formula is C60H34N8. The molecule has 6 aromatic heterocycles. The zero-order valence-electron chi connectivity index (χ0n) is 36.2. The Hall–Kier alpha value is -9.40. The van der Waals surface area contributed by atoms with E-state index < -0.39 is 0 Å². The van der Waals surface area contributed by atoms with Crippen LogP contribution in [0.5, 0.6) is 0 Å². The number of rotatable bonds is 4. The van der Waals surface area contributed by atoms with Gasteiger partial charge in [0.15, 0.2) is 5.65 Å². The third-order valence-electron chi connectivity index (χ3n) is 14.3. The van der Waals surface area contributed by atoms with Crippen molar-refractivity contribution in [2.45, 2.75) is 0 Å². The minimum atomic E-state index is 0.559. The van der Waals surface area contributed by atoms with Crippen molar-refractivity contribution < 1.29 is 0 Å². The summed E-state index contributed by atoms with van der Waals surface area (Å²) in [5.41, 5.74) is 15.2. The number of hydrogen-bond acceptors (Lipinski definition) is 4. The summed E-state index contributed by atoms with van der Waals surface area (Å²) in [6, 6.07) is 73.6. The minimum absolute atomic E-state index is 0.559. The van der Waals surface area contributed by atoms with E-state index in [9.17, 15) is 0 Å². The molecule has 9 aromatic carbocycles. The number of para-hydroxylation sites is 6. The van der Waals surface area contributed by atoms with Gasteiger partial charge in [-0.1, -0.05) is 133 Å². The van der Waals surface area contributed by atoms with Gasteiger partial charge in [0.2, 0.25) is 11.9 Å². The summed E-state index contributed by atoms with van der Waals surface area (Å²) in [6.45, 7) is 0. The lowest BCUT2D eigenvalue weighted by molar-refractivity contribution is 0.976. The van der Waals surface area contributed by atoms with Gasteiger partial charge in [-0.05, 0) is 72.8 Å². The second-order valence-corrected chi connectivity index (χ2v) is 17.8. The third kappa shape index (κ3) is 4.67. The maximum Gasteiger partial charge on any atom is 0.237 e. The average Bonchev–Trinajstić information content (AvgIpc) is 4.18. The van der Waals surface area contributed by atoms with Crippen molar-refractivity contribution in [2.24, 2.45) is 0 Å². The molecular weight excluding hydrogens is 833 g/mol. The molecule has 0 spiro atoms. The first-order valence-electron chi connectivity index (χ1n) is 23.0. The zero-order chi connectivity index (χ0) is 44.2. The van der Waals surface area contributed by atoms with E-state index in [-0.39, 0.29) is 0 Å². The molecule has 0 fully saturated rings. The SMILES string of the molecule is c1ccc(-n2c3ccccc3c3cc4c5ccccc5n(-c5nc6c7c(nc(-n8c9ccccc9c9cc%10c%11ccccc%11n(-c%11ccccc%11)c%10cc98)nc7n5)-c5ccccc5-6)c4cc32)cc1. The summed E-state index contributed by atoms with van der Waals surface area (Å²) in [6.07, 6.45) is 0. The van der Waals surface area contributed by atoms with Gasteiger partial charge in [-0.15, -0.1) is 0 Å². The predicted molar refractivity (Wildman–Crippen MR) is 277 cm³/mol. The van der Waals surface area contributed by atoms with Gasteiger partial charge in [0.05, 0.1) is 60.9 Å². The molecule has 6 heterocycles. The lowest BCUT2D eigenvalue weighted by Crippen LogP contribution is -2.07. The Morgan fingerprint density at radius 2 is 0.574 bits per heavy atom. The fourth-order valence-electron chi connectivity index (χ4n) is 11.5. The molecule has 0 unspecified atom stereocenters. The van der Waals surface area contributed by atoms with Crippen molar-refractivity contribution in [3.8, 4) is 45.8 Å². The summed E-state index contributed by atoms with van der Waals surface area (Å²) in [5.74, 6) is 1.12. The van der Waals surface area contributed by atoms with Gasteiger partial charge in [0.1, 0.15) is 0 Å². The van der Waals surface area contributed by atoms with Crippen LogP contribution in [-0.2, 0) is 0 Å². The summed E-state index contributed by atoms with van der Waals surface area (Å²) in [4.78, 5) is 22.0. The fraction of sp³-hybridized carbons (Fsp3) is 0. The first-order valence-corrected chi connectivity index (χ1v) is 23.0. The highest BCUT2D eigenvalue weighted by molar-refractivity contribution is 6.21. The topological polar surface area (TPSA) is 71.3 Å². The molecule has 1 aliphatic rings. The molecule has 8 heteroatoms. The van der Waals surface area contributed by atoms with Crippen LogP contribution < -0.4 is 0 Å². The summed E-state index contributed by atoms with van der Waals surface area (Å²) in [5, 5.41) is 10.2. The Balaban J connectivity index is 1.00. The van der Waals surface area contributed by atoms with E-state index in [1.54, 1.807) is 0 Å². The highest BCUT2D eigenvalue weighted by Crippen LogP contribution is 2.47. The molecule has 16 rings (SSSR count). The Labute approximate surface area is 386 Å². The zero-order valence-corrected chi connectivity index (χ0v) is 36.2. The molecule has 68 heavy (non-hydrogen) atoms. The molecule has 0 bridgehead atoms. The van der Waals surface area contributed by atoms with E-state index in [0.717, 1.165) is 105 Å². The monoisotopic (exact) mass is 866 g/mol.